The number of nitrogens with one attached hydrogen (secondary N) is 1. The first-order valence-electron chi connectivity index (χ1n) is 9.68. The van der Waals surface area contributed by atoms with Gasteiger partial charge in [0.05, 0.1) is 7.11 Å². The Bertz CT molecular complexity index is 1490. The van der Waals surface area contributed by atoms with Crippen molar-refractivity contribution in [3.05, 3.63) is 70.7 Å². The van der Waals surface area contributed by atoms with Gasteiger partial charge in [-0.25, -0.2) is 4.79 Å². The molecule has 0 bridgehead atoms. The summed E-state index contributed by atoms with van der Waals surface area (Å²) < 4.78 is 8.98. The van der Waals surface area contributed by atoms with E-state index in [1.807, 2.05) is 78.2 Å². The number of rotatable bonds is 3. The third kappa shape index (κ3) is 3.04. The molecule has 0 saturated carbocycles. The van der Waals surface area contributed by atoms with Crippen LogP contribution in [0, 0.1) is 0 Å². The Labute approximate surface area is 188 Å². The van der Waals surface area contributed by atoms with E-state index in [1.54, 1.807) is 0 Å². The molecule has 156 valence electrons. The van der Waals surface area contributed by atoms with E-state index in [0.29, 0.717) is 15.7 Å². The summed E-state index contributed by atoms with van der Waals surface area (Å²) in [5.74, 6) is -0.402. The van der Waals surface area contributed by atoms with Crippen LogP contribution in [0.5, 0.6) is 0 Å². The normalized spacial score (nSPS) is 11.5. The van der Waals surface area contributed by atoms with Gasteiger partial charge in [-0.2, -0.15) is 0 Å². The number of carbonyl (C=O) groups is 1. The smallest absolute Gasteiger partial charge is 0.355 e. The maximum absolute atomic E-state index is 12.8. The van der Waals surface area contributed by atoms with Crippen molar-refractivity contribution in [2.75, 3.05) is 7.11 Å². The van der Waals surface area contributed by atoms with Gasteiger partial charge < -0.3 is 18.9 Å². The van der Waals surface area contributed by atoms with Gasteiger partial charge in [0.15, 0.2) is 0 Å². The molecule has 3 heterocycles. The van der Waals surface area contributed by atoms with Crippen LogP contribution in [-0.2, 0) is 18.8 Å². The van der Waals surface area contributed by atoms with Gasteiger partial charge in [0.1, 0.15) is 5.69 Å². The first-order chi connectivity index (χ1) is 14.9. The number of carbonyl (C=O) groups excluding carboxylic acids is 1. The number of benzene rings is 2. The summed E-state index contributed by atoms with van der Waals surface area (Å²) in [4.78, 5) is 16.1. The van der Waals surface area contributed by atoms with Gasteiger partial charge in [0.2, 0.25) is 0 Å². The first-order valence-corrected chi connectivity index (χ1v) is 10.4. The molecule has 5 nitrogen and oxygen atoms in total. The fraction of sp³-hybridized carbons (Fsp3) is 0.125. The topological polar surface area (TPSA) is 51.9 Å². The van der Waals surface area contributed by atoms with Crippen LogP contribution >= 0.6 is 23.2 Å². The Morgan fingerprint density at radius 3 is 2.32 bits per heavy atom. The van der Waals surface area contributed by atoms with Crippen molar-refractivity contribution in [1.29, 1.82) is 0 Å². The minimum atomic E-state index is -0.402. The molecule has 5 aromatic rings. The Hall–Kier alpha value is -3.15. The van der Waals surface area contributed by atoms with Crippen molar-refractivity contribution < 1.29 is 9.53 Å². The van der Waals surface area contributed by atoms with Gasteiger partial charge >= 0.3 is 5.97 Å². The molecule has 5 rings (SSSR count). The number of ether oxygens (including phenoxy) is 1. The first kappa shape index (κ1) is 19.8. The van der Waals surface area contributed by atoms with Crippen molar-refractivity contribution in [1.82, 2.24) is 14.1 Å². The molecule has 31 heavy (non-hydrogen) atoms. The van der Waals surface area contributed by atoms with Crippen molar-refractivity contribution in [2.45, 2.75) is 0 Å². The van der Waals surface area contributed by atoms with Crippen LogP contribution in [0.15, 0.2) is 55.0 Å². The molecule has 1 N–H and O–H groups in total. The predicted octanol–water partition coefficient (Wildman–Crippen LogP) is 6.43. The van der Waals surface area contributed by atoms with Crippen molar-refractivity contribution >= 4 is 51.0 Å². The van der Waals surface area contributed by atoms with E-state index < -0.39 is 5.97 Å². The highest BCUT2D eigenvalue weighted by molar-refractivity contribution is 6.32. The number of hydrogen-bond acceptors (Lipinski definition) is 2. The number of aromatic nitrogens is 3. The lowest BCUT2D eigenvalue weighted by molar-refractivity contribution is 0.0591. The van der Waals surface area contributed by atoms with Crippen LogP contribution in [0.4, 0.5) is 0 Å². The molecule has 0 unspecified atom stereocenters. The number of fused-ring (bicyclic) bond motifs is 2. The van der Waals surface area contributed by atoms with Crippen molar-refractivity contribution in [2.24, 2.45) is 14.1 Å². The van der Waals surface area contributed by atoms with E-state index in [1.165, 1.54) is 7.11 Å². The monoisotopic (exact) mass is 451 g/mol. The summed E-state index contributed by atoms with van der Waals surface area (Å²) in [6.45, 7) is 0. The van der Waals surface area contributed by atoms with Crippen LogP contribution in [0.1, 0.15) is 10.5 Å². The molecule has 0 atom stereocenters. The Balaban J connectivity index is 1.90. The van der Waals surface area contributed by atoms with Gasteiger partial charge in [0.25, 0.3) is 0 Å². The van der Waals surface area contributed by atoms with E-state index in [-0.39, 0.29) is 0 Å². The fourth-order valence-electron chi connectivity index (χ4n) is 4.33. The van der Waals surface area contributed by atoms with Crippen LogP contribution in [-0.4, -0.2) is 27.2 Å². The zero-order valence-electron chi connectivity index (χ0n) is 17.2. The number of hydrogen-bond donors (Lipinski definition) is 1. The third-order valence-corrected chi connectivity index (χ3v) is 6.19. The molecule has 0 radical (unpaired) electrons. The molecular weight excluding hydrogens is 433 g/mol. The second-order valence-electron chi connectivity index (χ2n) is 7.58. The molecule has 2 aromatic carbocycles. The highest BCUT2D eigenvalue weighted by Crippen LogP contribution is 2.43. The fourth-order valence-corrected chi connectivity index (χ4v) is 4.67. The SMILES string of the molecule is COC(=O)c1c(-c2cn(C)c3ccc(Cl)cc23)c(-c2c[nH]c3ccc(Cl)cc23)cn1C. The van der Waals surface area contributed by atoms with E-state index in [9.17, 15) is 4.79 Å². The largest absolute Gasteiger partial charge is 0.464 e. The average molecular weight is 452 g/mol. The Morgan fingerprint density at radius 2 is 1.58 bits per heavy atom. The zero-order valence-corrected chi connectivity index (χ0v) is 18.7. The summed E-state index contributed by atoms with van der Waals surface area (Å²) in [6.07, 6.45) is 5.92. The lowest BCUT2D eigenvalue weighted by Crippen LogP contribution is -2.08. The third-order valence-electron chi connectivity index (χ3n) is 5.72. The molecule has 7 heteroatoms. The molecule has 0 spiro atoms. The molecule has 0 aliphatic carbocycles. The van der Waals surface area contributed by atoms with Gasteiger partial charge in [0, 0.05) is 86.8 Å². The van der Waals surface area contributed by atoms with Gasteiger partial charge in [-0.1, -0.05) is 23.2 Å². The van der Waals surface area contributed by atoms with Crippen molar-refractivity contribution in [3.8, 4) is 22.3 Å². The molecule has 0 fully saturated rings. The molecule has 0 saturated heterocycles. The second-order valence-corrected chi connectivity index (χ2v) is 8.45. The number of halogens is 2. The highest BCUT2D eigenvalue weighted by Gasteiger charge is 2.26. The summed E-state index contributed by atoms with van der Waals surface area (Å²) in [5.41, 5.74) is 6.03. The maximum Gasteiger partial charge on any atom is 0.355 e. The Kier molecular flexibility index (Phi) is 4.61. The maximum atomic E-state index is 12.8. The standard InChI is InChI=1S/C24H19Cl2N3O2/c1-28-11-18(16-9-14(26)5-7-21(16)28)22-19(12-29(2)23(22)24(30)31-3)17-10-27-20-6-4-13(25)8-15(17)20/h4-12,27H,1-3H3. The number of methoxy groups -OCH3 is 1. The number of aromatic amines is 1. The average Bonchev–Trinajstić information content (AvgIpc) is 3.40. The lowest BCUT2D eigenvalue weighted by Gasteiger charge is -2.07. The zero-order chi connectivity index (χ0) is 21.9. The quantitative estimate of drug-likeness (QED) is 0.321. The van der Waals surface area contributed by atoms with E-state index in [0.717, 1.165) is 44.1 Å². The molecular formula is C24H19Cl2N3O2. The van der Waals surface area contributed by atoms with Crippen molar-refractivity contribution in [3.63, 3.8) is 0 Å². The van der Waals surface area contributed by atoms with Crippen LogP contribution in [0.2, 0.25) is 10.0 Å². The highest BCUT2D eigenvalue weighted by atomic mass is 35.5. The predicted molar refractivity (Wildman–Crippen MR) is 126 cm³/mol. The summed E-state index contributed by atoms with van der Waals surface area (Å²) in [6, 6.07) is 11.5. The van der Waals surface area contributed by atoms with E-state index in [2.05, 4.69) is 4.98 Å². The number of aryl methyl sites for hydroxylation is 2. The summed E-state index contributed by atoms with van der Waals surface area (Å²) >= 11 is 12.6. The van der Waals surface area contributed by atoms with Gasteiger partial charge in [-0.3, -0.25) is 0 Å². The molecule has 0 aliphatic rings. The summed E-state index contributed by atoms with van der Waals surface area (Å²) in [5, 5.41) is 3.23. The number of H-pyrrole nitrogens is 1. The van der Waals surface area contributed by atoms with E-state index >= 15 is 0 Å². The van der Waals surface area contributed by atoms with Gasteiger partial charge in [-0.15, -0.1) is 0 Å². The minimum absolute atomic E-state index is 0.402. The second kappa shape index (κ2) is 7.22. The molecule has 3 aromatic heterocycles. The van der Waals surface area contributed by atoms with Crippen LogP contribution in [0.25, 0.3) is 44.1 Å². The van der Waals surface area contributed by atoms with Crippen LogP contribution in [0.3, 0.4) is 0 Å². The van der Waals surface area contributed by atoms with E-state index in [4.69, 9.17) is 27.9 Å². The summed E-state index contributed by atoms with van der Waals surface area (Å²) in [7, 11) is 5.22. The lowest BCUT2D eigenvalue weighted by atomic mass is 9.96. The molecule has 0 aliphatic heterocycles. The minimum Gasteiger partial charge on any atom is -0.464 e. The Morgan fingerprint density at radius 1 is 0.903 bits per heavy atom. The van der Waals surface area contributed by atoms with Gasteiger partial charge in [-0.05, 0) is 36.4 Å². The molecule has 0 amide bonds. The number of esters is 1. The van der Waals surface area contributed by atoms with Crippen LogP contribution < -0.4 is 0 Å². The number of nitrogens with zero attached hydrogens (tertiary/aromatic N) is 2.